The molecule has 192 valence electrons. The van der Waals surface area contributed by atoms with Crippen LogP contribution in [0.4, 0.5) is 8.78 Å². The van der Waals surface area contributed by atoms with Crippen molar-refractivity contribution in [2.24, 2.45) is 0 Å². The maximum atomic E-state index is 13.8. The van der Waals surface area contributed by atoms with Gasteiger partial charge in [0.25, 0.3) is 0 Å². The minimum Gasteiger partial charge on any atom is -0.379 e. The van der Waals surface area contributed by atoms with Crippen molar-refractivity contribution in [3.63, 3.8) is 0 Å². The number of aromatic nitrogens is 1. The van der Waals surface area contributed by atoms with Crippen LogP contribution < -0.4 is 5.32 Å². The zero-order valence-electron chi connectivity index (χ0n) is 20.7. The molecule has 0 radical (unpaired) electrons. The fourth-order valence-electron chi connectivity index (χ4n) is 5.01. The van der Waals surface area contributed by atoms with E-state index in [1.54, 1.807) is 24.3 Å². The lowest BCUT2D eigenvalue weighted by Gasteiger charge is -2.26. The SMILES string of the molecule is O=C(CC(c1ccc(F)cc1)c1cn(Cc2ccc(F)cc2)c2ccccc12)NCCN1CCOCC1. The molecule has 1 saturated heterocycles. The average molecular weight is 504 g/mol. The lowest BCUT2D eigenvalue weighted by Crippen LogP contribution is -2.41. The predicted octanol–water partition coefficient (Wildman–Crippen LogP) is 4.94. The third-order valence-electron chi connectivity index (χ3n) is 6.98. The van der Waals surface area contributed by atoms with E-state index in [1.165, 1.54) is 24.3 Å². The van der Waals surface area contributed by atoms with E-state index in [9.17, 15) is 13.6 Å². The number of carbonyl (C=O) groups excluding carboxylic acids is 1. The molecule has 0 aliphatic carbocycles. The zero-order valence-corrected chi connectivity index (χ0v) is 20.7. The van der Waals surface area contributed by atoms with E-state index < -0.39 is 0 Å². The van der Waals surface area contributed by atoms with Gasteiger partial charge in [-0.3, -0.25) is 9.69 Å². The first-order valence-electron chi connectivity index (χ1n) is 12.7. The predicted molar refractivity (Wildman–Crippen MR) is 141 cm³/mol. The van der Waals surface area contributed by atoms with Gasteiger partial charge in [0.1, 0.15) is 11.6 Å². The number of hydrogen-bond acceptors (Lipinski definition) is 3. The van der Waals surface area contributed by atoms with Gasteiger partial charge in [-0.15, -0.1) is 0 Å². The number of nitrogens with zero attached hydrogens (tertiary/aromatic N) is 2. The van der Waals surface area contributed by atoms with Crippen molar-refractivity contribution in [3.05, 3.63) is 107 Å². The molecule has 1 fully saturated rings. The normalized spacial score (nSPS) is 15.1. The Morgan fingerprint density at radius 3 is 2.32 bits per heavy atom. The molecule has 1 N–H and O–H groups in total. The van der Waals surface area contributed by atoms with Crippen molar-refractivity contribution in [2.75, 3.05) is 39.4 Å². The van der Waals surface area contributed by atoms with Gasteiger partial charge in [-0.1, -0.05) is 42.5 Å². The van der Waals surface area contributed by atoms with Gasteiger partial charge in [0, 0.05) is 62.2 Å². The third-order valence-corrected chi connectivity index (χ3v) is 6.98. The number of amides is 1. The molecule has 1 amide bonds. The van der Waals surface area contributed by atoms with Gasteiger partial charge in [-0.05, 0) is 47.0 Å². The van der Waals surface area contributed by atoms with Crippen LogP contribution in [-0.4, -0.2) is 54.8 Å². The first-order valence-corrected chi connectivity index (χ1v) is 12.7. The van der Waals surface area contributed by atoms with Gasteiger partial charge in [-0.25, -0.2) is 8.78 Å². The molecule has 7 heteroatoms. The Morgan fingerprint density at radius 1 is 0.919 bits per heavy atom. The highest BCUT2D eigenvalue weighted by Gasteiger charge is 2.23. The van der Waals surface area contributed by atoms with Crippen molar-refractivity contribution >= 4 is 16.8 Å². The Labute approximate surface area is 215 Å². The second-order valence-electron chi connectivity index (χ2n) is 9.47. The van der Waals surface area contributed by atoms with Crippen LogP contribution in [0.3, 0.4) is 0 Å². The Bertz CT molecular complexity index is 1330. The van der Waals surface area contributed by atoms with E-state index in [-0.39, 0.29) is 29.9 Å². The number of rotatable bonds is 9. The van der Waals surface area contributed by atoms with Crippen LogP contribution in [0.25, 0.3) is 10.9 Å². The lowest BCUT2D eigenvalue weighted by atomic mass is 9.88. The van der Waals surface area contributed by atoms with Crippen molar-refractivity contribution in [1.29, 1.82) is 0 Å². The fraction of sp³-hybridized carbons (Fsp3) is 0.300. The van der Waals surface area contributed by atoms with Gasteiger partial charge in [0.05, 0.1) is 13.2 Å². The molecule has 3 aromatic carbocycles. The number of para-hydroxylation sites is 1. The maximum Gasteiger partial charge on any atom is 0.220 e. The highest BCUT2D eigenvalue weighted by atomic mass is 19.1. The summed E-state index contributed by atoms with van der Waals surface area (Å²) < 4.78 is 34.7. The standard InChI is InChI=1S/C30H31F2N3O2/c31-24-9-5-22(6-10-24)20-35-21-28(26-3-1-2-4-29(26)35)27(23-7-11-25(32)12-8-23)19-30(36)33-13-14-34-15-17-37-18-16-34/h1-12,21,27H,13-20H2,(H,33,36). The number of ether oxygens (including phenoxy) is 1. The van der Waals surface area contributed by atoms with Crippen molar-refractivity contribution in [3.8, 4) is 0 Å². The quantitative estimate of drug-likeness (QED) is 0.352. The summed E-state index contributed by atoms with van der Waals surface area (Å²) in [4.78, 5) is 15.4. The van der Waals surface area contributed by atoms with E-state index in [0.29, 0.717) is 13.1 Å². The molecule has 0 saturated carbocycles. The fourth-order valence-corrected chi connectivity index (χ4v) is 5.01. The Balaban J connectivity index is 1.41. The van der Waals surface area contributed by atoms with Crippen molar-refractivity contribution in [2.45, 2.75) is 18.9 Å². The summed E-state index contributed by atoms with van der Waals surface area (Å²) in [7, 11) is 0. The number of nitrogens with one attached hydrogen (secondary N) is 1. The largest absolute Gasteiger partial charge is 0.379 e. The van der Waals surface area contributed by atoms with Crippen LogP contribution in [0.1, 0.15) is 29.0 Å². The van der Waals surface area contributed by atoms with Gasteiger partial charge < -0.3 is 14.6 Å². The summed E-state index contributed by atoms with van der Waals surface area (Å²) in [5.41, 5.74) is 3.90. The van der Waals surface area contributed by atoms with Crippen LogP contribution in [0, 0.1) is 11.6 Å². The molecule has 1 aliphatic rings. The molecule has 0 bridgehead atoms. The highest BCUT2D eigenvalue weighted by Crippen LogP contribution is 2.35. The molecule has 1 atom stereocenters. The Kier molecular flexibility index (Phi) is 7.92. The molecule has 1 aliphatic heterocycles. The second kappa shape index (κ2) is 11.7. The third kappa shape index (κ3) is 6.24. The number of benzene rings is 3. The molecule has 1 aromatic heterocycles. The van der Waals surface area contributed by atoms with Gasteiger partial charge >= 0.3 is 0 Å². The molecule has 1 unspecified atom stereocenters. The molecule has 0 spiro atoms. The number of hydrogen-bond donors (Lipinski definition) is 1. The smallest absolute Gasteiger partial charge is 0.220 e. The Morgan fingerprint density at radius 2 is 1.59 bits per heavy atom. The molecule has 2 heterocycles. The van der Waals surface area contributed by atoms with E-state index >= 15 is 0 Å². The number of halogens is 2. The average Bonchev–Trinajstić information content (AvgIpc) is 3.28. The van der Waals surface area contributed by atoms with Crippen LogP contribution in [0.2, 0.25) is 0 Å². The molecule has 5 nitrogen and oxygen atoms in total. The Hall–Kier alpha value is -3.55. The number of fused-ring (bicyclic) bond motifs is 1. The maximum absolute atomic E-state index is 13.8. The van der Waals surface area contributed by atoms with Crippen molar-refractivity contribution in [1.82, 2.24) is 14.8 Å². The van der Waals surface area contributed by atoms with E-state index in [4.69, 9.17) is 4.74 Å². The minimum atomic E-state index is -0.309. The molecule has 4 aromatic rings. The van der Waals surface area contributed by atoms with E-state index in [2.05, 4.69) is 27.0 Å². The summed E-state index contributed by atoms with van der Waals surface area (Å²) in [6, 6.07) is 21.0. The van der Waals surface area contributed by atoms with E-state index in [1.807, 2.05) is 18.2 Å². The summed E-state index contributed by atoms with van der Waals surface area (Å²) in [6.07, 6.45) is 2.32. The summed E-state index contributed by atoms with van der Waals surface area (Å²) in [5, 5.41) is 4.12. The summed E-state index contributed by atoms with van der Waals surface area (Å²) in [6.45, 7) is 5.13. The van der Waals surface area contributed by atoms with E-state index in [0.717, 1.165) is 60.4 Å². The first-order chi connectivity index (χ1) is 18.1. The topological polar surface area (TPSA) is 46.5 Å². The van der Waals surface area contributed by atoms with Crippen LogP contribution in [0.5, 0.6) is 0 Å². The first kappa shape index (κ1) is 25.1. The van der Waals surface area contributed by atoms with Crippen molar-refractivity contribution < 1.29 is 18.3 Å². The van der Waals surface area contributed by atoms with Crippen LogP contribution in [-0.2, 0) is 16.1 Å². The molecule has 5 rings (SSSR count). The molecular weight excluding hydrogens is 472 g/mol. The van der Waals surface area contributed by atoms with Gasteiger partial charge in [-0.2, -0.15) is 0 Å². The van der Waals surface area contributed by atoms with Gasteiger partial charge in [0.15, 0.2) is 0 Å². The van der Waals surface area contributed by atoms with Crippen LogP contribution in [0.15, 0.2) is 79.0 Å². The lowest BCUT2D eigenvalue weighted by molar-refractivity contribution is -0.121. The van der Waals surface area contributed by atoms with Gasteiger partial charge in [0.2, 0.25) is 5.91 Å². The molecular formula is C30H31F2N3O2. The minimum absolute atomic E-state index is 0.0436. The highest BCUT2D eigenvalue weighted by molar-refractivity contribution is 5.86. The number of morpholine rings is 1. The summed E-state index contributed by atoms with van der Waals surface area (Å²) >= 11 is 0. The molecule has 37 heavy (non-hydrogen) atoms. The number of carbonyl (C=O) groups is 1. The second-order valence-corrected chi connectivity index (χ2v) is 9.47. The zero-order chi connectivity index (χ0) is 25.6. The monoisotopic (exact) mass is 503 g/mol. The van der Waals surface area contributed by atoms with Crippen LogP contribution >= 0.6 is 0 Å². The summed E-state index contributed by atoms with van der Waals surface area (Å²) in [5.74, 6) is -0.865.